The van der Waals surface area contributed by atoms with Crippen LogP contribution >= 0.6 is 35.3 Å². The largest absolute Gasteiger partial charge is 0.356 e. The molecular formula is C16H27IN4O2S2. The van der Waals surface area contributed by atoms with E-state index in [4.69, 9.17) is 0 Å². The summed E-state index contributed by atoms with van der Waals surface area (Å²) >= 11 is 1.35. The van der Waals surface area contributed by atoms with Gasteiger partial charge in [-0.25, -0.2) is 8.42 Å². The number of aliphatic imine (C=N–C) groups is 1. The second-order valence-corrected chi connectivity index (χ2v) is 9.77. The second kappa shape index (κ2) is 9.52. The molecule has 1 aliphatic carbocycles. The van der Waals surface area contributed by atoms with Crippen molar-refractivity contribution in [2.24, 2.45) is 10.9 Å². The summed E-state index contributed by atoms with van der Waals surface area (Å²) in [7, 11) is -1.57. The number of piperidine rings is 1. The topological polar surface area (TPSA) is 73.8 Å². The van der Waals surface area contributed by atoms with Crippen molar-refractivity contribution in [3.63, 3.8) is 0 Å². The first-order valence-corrected chi connectivity index (χ1v) is 10.9. The lowest BCUT2D eigenvalue weighted by molar-refractivity contribution is 0.347. The summed E-state index contributed by atoms with van der Waals surface area (Å²) in [5.41, 5.74) is 0. The van der Waals surface area contributed by atoms with Crippen LogP contribution in [0.3, 0.4) is 0 Å². The van der Waals surface area contributed by atoms with E-state index in [1.165, 1.54) is 24.2 Å². The fourth-order valence-corrected chi connectivity index (χ4v) is 5.75. The molecule has 1 aromatic heterocycles. The molecule has 25 heavy (non-hydrogen) atoms. The minimum absolute atomic E-state index is 0. The van der Waals surface area contributed by atoms with Crippen LogP contribution in [-0.4, -0.2) is 45.4 Å². The normalized spacial score (nSPS) is 19.3. The van der Waals surface area contributed by atoms with Crippen LogP contribution in [0, 0.1) is 5.92 Å². The average Bonchev–Trinajstić information content (AvgIpc) is 3.30. The van der Waals surface area contributed by atoms with Crippen molar-refractivity contribution < 1.29 is 8.42 Å². The van der Waals surface area contributed by atoms with E-state index in [2.05, 4.69) is 15.6 Å². The Bertz CT molecular complexity index is 680. The van der Waals surface area contributed by atoms with Crippen LogP contribution in [0.2, 0.25) is 0 Å². The van der Waals surface area contributed by atoms with E-state index in [0.717, 1.165) is 42.6 Å². The van der Waals surface area contributed by atoms with E-state index in [0.29, 0.717) is 23.8 Å². The predicted molar refractivity (Wildman–Crippen MR) is 113 cm³/mol. The van der Waals surface area contributed by atoms with Crippen molar-refractivity contribution in [2.75, 3.05) is 26.7 Å². The van der Waals surface area contributed by atoms with Crippen molar-refractivity contribution in [1.29, 1.82) is 0 Å². The Morgan fingerprint density at radius 3 is 2.60 bits per heavy atom. The van der Waals surface area contributed by atoms with Gasteiger partial charge in [0, 0.05) is 31.6 Å². The van der Waals surface area contributed by atoms with E-state index in [-0.39, 0.29) is 24.0 Å². The summed E-state index contributed by atoms with van der Waals surface area (Å²) in [6, 6.07) is 3.62. The van der Waals surface area contributed by atoms with Crippen LogP contribution in [0.15, 0.2) is 21.3 Å². The number of sulfonamides is 1. The van der Waals surface area contributed by atoms with E-state index < -0.39 is 10.0 Å². The first kappa shape index (κ1) is 20.9. The lowest BCUT2D eigenvalue weighted by Gasteiger charge is -2.25. The van der Waals surface area contributed by atoms with Gasteiger partial charge < -0.3 is 10.6 Å². The van der Waals surface area contributed by atoms with E-state index in [1.807, 2.05) is 6.07 Å². The average molecular weight is 498 g/mol. The fourth-order valence-electron chi connectivity index (χ4n) is 2.78. The molecular weight excluding hydrogens is 471 g/mol. The van der Waals surface area contributed by atoms with Crippen LogP contribution in [-0.2, 0) is 16.6 Å². The van der Waals surface area contributed by atoms with Gasteiger partial charge in [-0.15, -0.1) is 35.3 Å². The lowest BCUT2D eigenvalue weighted by Crippen LogP contribution is -2.37. The Hall–Kier alpha value is -0.390. The zero-order valence-corrected chi connectivity index (χ0v) is 18.5. The Morgan fingerprint density at radius 1 is 1.24 bits per heavy atom. The molecule has 6 nitrogen and oxygen atoms in total. The quantitative estimate of drug-likeness (QED) is 0.360. The van der Waals surface area contributed by atoms with Crippen molar-refractivity contribution in [3.8, 4) is 0 Å². The highest BCUT2D eigenvalue weighted by Gasteiger charge is 2.27. The molecule has 1 saturated heterocycles. The predicted octanol–water partition coefficient (Wildman–Crippen LogP) is 2.62. The highest BCUT2D eigenvalue weighted by molar-refractivity contribution is 14.0. The molecule has 1 aliphatic heterocycles. The number of thiophene rings is 1. The zero-order chi connectivity index (χ0) is 17.0. The highest BCUT2D eigenvalue weighted by atomic mass is 127. The lowest BCUT2D eigenvalue weighted by atomic mass is 10.2. The van der Waals surface area contributed by atoms with E-state index in [1.54, 1.807) is 17.4 Å². The molecule has 1 saturated carbocycles. The maximum absolute atomic E-state index is 12.7. The minimum Gasteiger partial charge on any atom is -0.356 e. The third-order valence-corrected chi connectivity index (χ3v) is 7.91. The Balaban J connectivity index is 0.00000225. The molecule has 0 radical (unpaired) electrons. The molecule has 2 fully saturated rings. The Labute approximate surface area is 171 Å². The molecule has 2 N–H and O–H groups in total. The van der Waals surface area contributed by atoms with Gasteiger partial charge in [0.1, 0.15) is 4.21 Å². The van der Waals surface area contributed by atoms with E-state index >= 15 is 0 Å². The number of guanidine groups is 1. The van der Waals surface area contributed by atoms with Crippen LogP contribution in [0.25, 0.3) is 0 Å². The monoisotopic (exact) mass is 498 g/mol. The number of nitrogens with one attached hydrogen (secondary N) is 2. The summed E-state index contributed by atoms with van der Waals surface area (Å²) in [5, 5.41) is 6.56. The smallest absolute Gasteiger partial charge is 0.252 e. The van der Waals surface area contributed by atoms with Gasteiger partial charge in [0.25, 0.3) is 10.0 Å². The number of rotatable bonds is 6. The van der Waals surface area contributed by atoms with Gasteiger partial charge in [-0.2, -0.15) is 4.31 Å². The van der Waals surface area contributed by atoms with Gasteiger partial charge in [-0.05, 0) is 43.7 Å². The van der Waals surface area contributed by atoms with Gasteiger partial charge >= 0.3 is 0 Å². The third kappa shape index (κ3) is 5.80. The maximum atomic E-state index is 12.7. The van der Waals surface area contributed by atoms with Gasteiger partial charge in [0.2, 0.25) is 0 Å². The van der Waals surface area contributed by atoms with Gasteiger partial charge in [-0.1, -0.05) is 6.42 Å². The molecule has 1 aromatic rings. The van der Waals surface area contributed by atoms with Crippen molar-refractivity contribution in [1.82, 2.24) is 14.9 Å². The molecule has 2 heterocycles. The van der Waals surface area contributed by atoms with Crippen molar-refractivity contribution >= 4 is 51.3 Å². The van der Waals surface area contributed by atoms with Crippen LogP contribution in [0.1, 0.15) is 37.0 Å². The zero-order valence-electron chi connectivity index (χ0n) is 14.5. The third-order valence-electron chi connectivity index (χ3n) is 4.45. The van der Waals surface area contributed by atoms with Gasteiger partial charge in [-0.3, -0.25) is 4.99 Å². The van der Waals surface area contributed by atoms with Crippen LogP contribution in [0.4, 0.5) is 0 Å². The summed E-state index contributed by atoms with van der Waals surface area (Å²) in [5.74, 6) is 1.56. The maximum Gasteiger partial charge on any atom is 0.252 e. The van der Waals surface area contributed by atoms with Crippen LogP contribution < -0.4 is 10.6 Å². The number of halogens is 1. The first-order chi connectivity index (χ1) is 11.6. The Kier molecular flexibility index (Phi) is 7.96. The molecule has 142 valence electrons. The summed E-state index contributed by atoms with van der Waals surface area (Å²) in [6.45, 7) is 2.83. The minimum atomic E-state index is -3.32. The number of hydrogen-bond donors (Lipinski definition) is 2. The molecule has 0 spiro atoms. The fraction of sp³-hybridized carbons (Fsp3) is 0.688. The van der Waals surface area contributed by atoms with Crippen molar-refractivity contribution in [2.45, 2.75) is 42.9 Å². The van der Waals surface area contributed by atoms with Gasteiger partial charge in [0.05, 0.1) is 6.54 Å². The summed E-state index contributed by atoms with van der Waals surface area (Å²) < 4.78 is 27.4. The summed E-state index contributed by atoms with van der Waals surface area (Å²) in [4.78, 5) is 5.20. The SMILES string of the molecule is CN=C(NCc1ccc(S(=O)(=O)N2CCCCC2)s1)NCC1CC1.I. The molecule has 3 rings (SSSR count). The molecule has 0 amide bonds. The first-order valence-electron chi connectivity index (χ1n) is 8.63. The molecule has 0 atom stereocenters. The second-order valence-electron chi connectivity index (χ2n) is 6.44. The standard InChI is InChI=1S/C16H26N4O2S2.HI/c1-17-16(18-11-13-5-6-13)19-12-14-7-8-15(23-14)24(21,22)20-9-3-2-4-10-20;/h7-8,13H,2-6,9-12H2,1H3,(H2,17,18,19);1H. The van der Waals surface area contributed by atoms with Crippen molar-refractivity contribution in [3.05, 3.63) is 17.0 Å². The molecule has 0 aromatic carbocycles. The molecule has 9 heteroatoms. The number of hydrogen-bond acceptors (Lipinski definition) is 4. The highest BCUT2D eigenvalue weighted by Crippen LogP contribution is 2.28. The molecule has 0 unspecified atom stereocenters. The van der Waals surface area contributed by atoms with Crippen LogP contribution in [0.5, 0.6) is 0 Å². The molecule has 2 aliphatic rings. The summed E-state index contributed by atoms with van der Waals surface area (Å²) in [6.07, 6.45) is 5.64. The Morgan fingerprint density at radius 2 is 1.96 bits per heavy atom. The van der Waals surface area contributed by atoms with E-state index in [9.17, 15) is 8.42 Å². The number of nitrogens with zero attached hydrogens (tertiary/aromatic N) is 2. The van der Waals surface area contributed by atoms with Gasteiger partial charge in [0.15, 0.2) is 5.96 Å². The molecule has 0 bridgehead atoms.